The fourth-order valence-corrected chi connectivity index (χ4v) is 2.36. The summed E-state index contributed by atoms with van der Waals surface area (Å²) in [5.74, 6) is 0.966. The van der Waals surface area contributed by atoms with Crippen LogP contribution < -0.4 is 10.6 Å². The topological polar surface area (TPSA) is 41.1 Å². The van der Waals surface area contributed by atoms with E-state index in [0.717, 1.165) is 25.3 Å². The van der Waals surface area contributed by atoms with Crippen molar-refractivity contribution < 1.29 is 4.79 Å². The Morgan fingerprint density at radius 1 is 1.50 bits per heavy atom. The lowest BCUT2D eigenvalue weighted by Gasteiger charge is -2.23. The molecule has 1 heterocycles. The molecule has 0 aromatic heterocycles. The molecule has 1 saturated heterocycles. The van der Waals surface area contributed by atoms with Crippen molar-refractivity contribution in [2.75, 3.05) is 6.54 Å². The highest BCUT2D eigenvalue weighted by molar-refractivity contribution is 5.76. The second-order valence-corrected chi connectivity index (χ2v) is 5.21. The molecule has 3 atom stereocenters. The summed E-state index contributed by atoms with van der Waals surface area (Å²) in [5.41, 5.74) is 0. The summed E-state index contributed by atoms with van der Waals surface area (Å²) < 4.78 is 0. The molecule has 1 aliphatic rings. The number of hydrogen-bond donors (Lipinski definition) is 2. The summed E-state index contributed by atoms with van der Waals surface area (Å²) in [4.78, 5) is 11.4. The minimum absolute atomic E-state index is 0.200. The monoisotopic (exact) mass is 226 g/mol. The molecule has 0 bridgehead atoms. The first-order chi connectivity index (χ1) is 7.61. The van der Waals surface area contributed by atoms with Gasteiger partial charge in [0.05, 0.1) is 0 Å². The Balaban J connectivity index is 2.31. The summed E-state index contributed by atoms with van der Waals surface area (Å²) in [6, 6.07) is 0.896. The quantitative estimate of drug-likeness (QED) is 0.753. The molecule has 3 nitrogen and oxygen atoms in total. The average Bonchev–Trinajstić information content (AvgIpc) is 2.42. The highest BCUT2D eigenvalue weighted by atomic mass is 16.1. The Labute approximate surface area is 99.4 Å². The predicted octanol–water partition coefficient (Wildman–Crippen LogP) is 2.07. The molecule has 94 valence electrons. The van der Waals surface area contributed by atoms with Crippen LogP contribution in [0.15, 0.2) is 0 Å². The second-order valence-electron chi connectivity index (χ2n) is 5.21. The zero-order valence-corrected chi connectivity index (χ0v) is 10.9. The molecule has 3 heteroatoms. The van der Waals surface area contributed by atoms with E-state index in [0.29, 0.717) is 18.5 Å². The standard InChI is InChI=1S/C13H26N2O/c1-4-10(2)8-11(3)15-12-6-5-7-14-13(16)9-12/h10-12,15H,4-9H2,1-3H3,(H,14,16). The first-order valence-electron chi connectivity index (χ1n) is 6.64. The molecule has 0 aliphatic carbocycles. The van der Waals surface area contributed by atoms with Gasteiger partial charge in [0.2, 0.25) is 5.91 Å². The molecule has 0 radical (unpaired) electrons. The normalized spacial score (nSPS) is 25.7. The van der Waals surface area contributed by atoms with Crippen molar-refractivity contribution in [3.05, 3.63) is 0 Å². The van der Waals surface area contributed by atoms with E-state index in [9.17, 15) is 4.79 Å². The lowest BCUT2D eigenvalue weighted by atomic mass is 9.99. The smallest absolute Gasteiger partial charge is 0.221 e. The molecular formula is C13H26N2O. The van der Waals surface area contributed by atoms with Crippen LogP contribution in [0.25, 0.3) is 0 Å². The Kier molecular flexibility index (Phi) is 5.81. The highest BCUT2D eigenvalue weighted by Gasteiger charge is 2.19. The SMILES string of the molecule is CCC(C)CC(C)NC1CCCNC(=O)C1. The summed E-state index contributed by atoms with van der Waals surface area (Å²) in [7, 11) is 0. The first-order valence-corrected chi connectivity index (χ1v) is 6.64. The summed E-state index contributed by atoms with van der Waals surface area (Å²) >= 11 is 0. The van der Waals surface area contributed by atoms with Gasteiger partial charge in [-0.05, 0) is 32.1 Å². The van der Waals surface area contributed by atoms with E-state index in [1.54, 1.807) is 0 Å². The number of hydrogen-bond acceptors (Lipinski definition) is 2. The Bertz CT molecular complexity index is 218. The van der Waals surface area contributed by atoms with E-state index in [1.165, 1.54) is 12.8 Å². The summed E-state index contributed by atoms with van der Waals surface area (Å²) in [5, 5.41) is 6.51. The van der Waals surface area contributed by atoms with E-state index in [1.807, 2.05) is 0 Å². The molecular weight excluding hydrogens is 200 g/mol. The summed E-state index contributed by atoms with van der Waals surface area (Å²) in [6.07, 6.45) is 5.29. The van der Waals surface area contributed by atoms with Crippen LogP contribution in [-0.2, 0) is 4.79 Å². The van der Waals surface area contributed by atoms with Crippen molar-refractivity contribution in [1.29, 1.82) is 0 Å². The lowest BCUT2D eigenvalue weighted by molar-refractivity contribution is -0.121. The van der Waals surface area contributed by atoms with Gasteiger partial charge in [-0.3, -0.25) is 4.79 Å². The summed E-state index contributed by atoms with van der Waals surface area (Å²) in [6.45, 7) is 7.60. The van der Waals surface area contributed by atoms with Crippen molar-refractivity contribution in [1.82, 2.24) is 10.6 Å². The van der Waals surface area contributed by atoms with Crippen LogP contribution in [0.2, 0.25) is 0 Å². The van der Waals surface area contributed by atoms with Crippen molar-refractivity contribution in [3.8, 4) is 0 Å². The molecule has 1 rings (SSSR count). The van der Waals surface area contributed by atoms with Crippen molar-refractivity contribution in [2.45, 2.75) is 65.0 Å². The van der Waals surface area contributed by atoms with E-state index in [-0.39, 0.29) is 5.91 Å². The molecule has 16 heavy (non-hydrogen) atoms. The molecule has 0 saturated carbocycles. The van der Waals surface area contributed by atoms with Crippen LogP contribution in [0.3, 0.4) is 0 Å². The number of nitrogens with one attached hydrogen (secondary N) is 2. The van der Waals surface area contributed by atoms with Gasteiger partial charge in [-0.2, -0.15) is 0 Å². The van der Waals surface area contributed by atoms with Crippen LogP contribution in [0.4, 0.5) is 0 Å². The van der Waals surface area contributed by atoms with Gasteiger partial charge >= 0.3 is 0 Å². The third-order valence-electron chi connectivity index (χ3n) is 3.46. The third-order valence-corrected chi connectivity index (χ3v) is 3.46. The zero-order valence-electron chi connectivity index (χ0n) is 10.9. The van der Waals surface area contributed by atoms with Gasteiger partial charge in [0.25, 0.3) is 0 Å². The number of rotatable bonds is 5. The molecule has 1 amide bonds. The molecule has 2 N–H and O–H groups in total. The van der Waals surface area contributed by atoms with Gasteiger partial charge in [-0.15, -0.1) is 0 Å². The molecule has 1 aliphatic heterocycles. The van der Waals surface area contributed by atoms with E-state index in [4.69, 9.17) is 0 Å². The predicted molar refractivity (Wildman–Crippen MR) is 67.3 cm³/mol. The lowest BCUT2D eigenvalue weighted by Crippen LogP contribution is -2.39. The minimum atomic E-state index is 0.200. The van der Waals surface area contributed by atoms with Gasteiger partial charge in [0.15, 0.2) is 0 Å². The zero-order chi connectivity index (χ0) is 12.0. The maximum atomic E-state index is 11.4. The maximum Gasteiger partial charge on any atom is 0.221 e. The maximum absolute atomic E-state index is 11.4. The fraction of sp³-hybridized carbons (Fsp3) is 0.923. The molecule has 3 unspecified atom stereocenters. The Morgan fingerprint density at radius 2 is 2.25 bits per heavy atom. The molecule has 1 fully saturated rings. The van der Waals surface area contributed by atoms with Crippen LogP contribution in [-0.4, -0.2) is 24.5 Å². The van der Waals surface area contributed by atoms with Crippen LogP contribution in [0.5, 0.6) is 0 Å². The van der Waals surface area contributed by atoms with Crippen molar-refractivity contribution in [3.63, 3.8) is 0 Å². The van der Waals surface area contributed by atoms with Crippen LogP contribution in [0, 0.1) is 5.92 Å². The van der Waals surface area contributed by atoms with E-state index >= 15 is 0 Å². The van der Waals surface area contributed by atoms with Crippen LogP contribution >= 0.6 is 0 Å². The van der Waals surface area contributed by atoms with Gasteiger partial charge in [0.1, 0.15) is 0 Å². The van der Waals surface area contributed by atoms with Gasteiger partial charge in [-0.1, -0.05) is 20.3 Å². The van der Waals surface area contributed by atoms with E-state index in [2.05, 4.69) is 31.4 Å². The largest absolute Gasteiger partial charge is 0.356 e. The Hall–Kier alpha value is -0.570. The number of carbonyl (C=O) groups excluding carboxylic acids is 1. The van der Waals surface area contributed by atoms with Gasteiger partial charge < -0.3 is 10.6 Å². The third kappa shape index (κ3) is 4.97. The van der Waals surface area contributed by atoms with Gasteiger partial charge in [-0.25, -0.2) is 0 Å². The van der Waals surface area contributed by atoms with Crippen molar-refractivity contribution in [2.24, 2.45) is 5.92 Å². The minimum Gasteiger partial charge on any atom is -0.356 e. The Morgan fingerprint density at radius 3 is 2.94 bits per heavy atom. The molecule has 0 aromatic rings. The number of amides is 1. The van der Waals surface area contributed by atoms with Crippen LogP contribution in [0.1, 0.15) is 52.9 Å². The van der Waals surface area contributed by atoms with E-state index < -0.39 is 0 Å². The fourth-order valence-electron chi connectivity index (χ4n) is 2.36. The average molecular weight is 226 g/mol. The van der Waals surface area contributed by atoms with Gasteiger partial charge in [0, 0.05) is 25.0 Å². The highest BCUT2D eigenvalue weighted by Crippen LogP contribution is 2.12. The first kappa shape index (κ1) is 13.5. The van der Waals surface area contributed by atoms with Crippen molar-refractivity contribution >= 4 is 5.91 Å². The number of carbonyl (C=O) groups is 1. The molecule has 0 aromatic carbocycles. The molecule has 0 spiro atoms. The second kappa shape index (κ2) is 6.89.